The lowest BCUT2D eigenvalue weighted by Gasteiger charge is -2.12. The fraction of sp³-hybridized carbons (Fsp3) is 0.267. The van der Waals surface area contributed by atoms with Gasteiger partial charge in [-0.3, -0.25) is 0 Å². The monoisotopic (exact) mass is 322 g/mol. The molecule has 7 heteroatoms. The van der Waals surface area contributed by atoms with Crippen LogP contribution in [0.2, 0.25) is 0 Å². The lowest BCUT2D eigenvalue weighted by molar-refractivity contribution is 0.0595. The summed E-state index contributed by atoms with van der Waals surface area (Å²) in [6.45, 7) is 2.21. The standard InChI is InChI=1S/C15H18N2O4S/c1-11(12-6-4-3-5-7-12)9-17-22(19,20)13-8-14(16-10-13)15(18)21-2/h3-8,10-11,16-17H,9H2,1-2H3/t11-/m1/s1. The van der Waals surface area contributed by atoms with Crippen molar-refractivity contribution in [3.63, 3.8) is 0 Å². The molecule has 0 aliphatic heterocycles. The average Bonchev–Trinajstić information content (AvgIpc) is 3.03. The van der Waals surface area contributed by atoms with E-state index in [-0.39, 0.29) is 23.1 Å². The maximum Gasteiger partial charge on any atom is 0.354 e. The molecule has 1 atom stereocenters. The number of carbonyl (C=O) groups excluding carboxylic acids is 1. The Bertz CT molecular complexity index is 738. The van der Waals surface area contributed by atoms with Gasteiger partial charge in [-0.15, -0.1) is 0 Å². The highest BCUT2D eigenvalue weighted by molar-refractivity contribution is 7.89. The molecule has 0 bridgehead atoms. The summed E-state index contributed by atoms with van der Waals surface area (Å²) in [6, 6.07) is 10.9. The SMILES string of the molecule is COC(=O)c1cc(S(=O)(=O)NC[C@@H](C)c2ccccc2)c[nH]1. The van der Waals surface area contributed by atoms with Crippen LogP contribution in [0.3, 0.4) is 0 Å². The van der Waals surface area contributed by atoms with Gasteiger partial charge in [0.15, 0.2) is 0 Å². The number of nitrogens with one attached hydrogen (secondary N) is 2. The molecule has 1 heterocycles. The Morgan fingerprint density at radius 3 is 2.64 bits per heavy atom. The number of methoxy groups -OCH3 is 1. The molecule has 1 aromatic carbocycles. The van der Waals surface area contributed by atoms with Gasteiger partial charge in [0.25, 0.3) is 0 Å². The molecule has 0 unspecified atom stereocenters. The maximum atomic E-state index is 12.2. The van der Waals surface area contributed by atoms with Crippen molar-refractivity contribution in [2.24, 2.45) is 0 Å². The van der Waals surface area contributed by atoms with Gasteiger partial charge in [0.2, 0.25) is 10.0 Å². The molecular formula is C15H18N2O4S. The van der Waals surface area contributed by atoms with E-state index in [1.807, 2.05) is 37.3 Å². The summed E-state index contributed by atoms with van der Waals surface area (Å²) in [6.07, 6.45) is 1.27. The third kappa shape index (κ3) is 3.75. The van der Waals surface area contributed by atoms with Crippen molar-refractivity contribution in [2.45, 2.75) is 17.7 Å². The molecule has 0 saturated carbocycles. The fourth-order valence-electron chi connectivity index (χ4n) is 1.97. The number of hydrogen-bond donors (Lipinski definition) is 2. The molecule has 2 rings (SSSR count). The number of sulfonamides is 1. The summed E-state index contributed by atoms with van der Waals surface area (Å²) in [5.74, 6) is -0.575. The van der Waals surface area contributed by atoms with Crippen LogP contribution in [-0.4, -0.2) is 33.0 Å². The van der Waals surface area contributed by atoms with Crippen LogP contribution in [0.4, 0.5) is 0 Å². The van der Waals surface area contributed by atoms with E-state index in [0.717, 1.165) is 5.56 Å². The fourth-order valence-corrected chi connectivity index (χ4v) is 3.10. The third-order valence-corrected chi connectivity index (χ3v) is 4.72. The molecule has 0 spiro atoms. The minimum Gasteiger partial charge on any atom is -0.464 e. The highest BCUT2D eigenvalue weighted by atomic mass is 32.2. The number of esters is 1. The average molecular weight is 322 g/mol. The van der Waals surface area contributed by atoms with Gasteiger partial charge in [0.1, 0.15) is 10.6 Å². The Hall–Kier alpha value is -2.12. The highest BCUT2D eigenvalue weighted by Crippen LogP contribution is 2.16. The number of hydrogen-bond acceptors (Lipinski definition) is 4. The van der Waals surface area contributed by atoms with E-state index >= 15 is 0 Å². The third-order valence-electron chi connectivity index (χ3n) is 3.32. The second-order valence-corrected chi connectivity index (χ2v) is 6.67. The van der Waals surface area contributed by atoms with Gasteiger partial charge in [-0.25, -0.2) is 17.9 Å². The summed E-state index contributed by atoms with van der Waals surface area (Å²) >= 11 is 0. The van der Waals surface area contributed by atoms with Gasteiger partial charge < -0.3 is 9.72 Å². The zero-order valence-corrected chi connectivity index (χ0v) is 13.2. The predicted octanol–water partition coefficient (Wildman–Crippen LogP) is 1.88. The van der Waals surface area contributed by atoms with E-state index in [4.69, 9.17) is 0 Å². The second kappa shape index (κ2) is 6.76. The van der Waals surface area contributed by atoms with Gasteiger partial charge in [-0.05, 0) is 17.5 Å². The zero-order chi connectivity index (χ0) is 16.2. The molecular weight excluding hydrogens is 304 g/mol. The van der Waals surface area contributed by atoms with Gasteiger partial charge in [0, 0.05) is 12.7 Å². The molecule has 118 valence electrons. The Labute approximate surface area is 129 Å². The van der Waals surface area contributed by atoms with Crippen molar-refractivity contribution in [1.29, 1.82) is 0 Å². The number of benzene rings is 1. The lowest BCUT2D eigenvalue weighted by Crippen LogP contribution is -2.27. The van der Waals surface area contributed by atoms with Crippen molar-refractivity contribution < 1.29 is 17.9 Å². The Morgan fingerprint density at radius 2 is 2.00 bits per heavy atom. The minimum absolute atomic E-state index is 0.00756. The number of aromatic nitrogens is 1. The largest absolute Gasteiger partial charge is 0.464 e. The molecule has 0 amide bonds. The molecule has 2 N–H and O–H groups in total. The first-order chi connectivity index (χ1) is 10.4. The summed E-state index contributed by atoms with van der Waals surface area (Å²) in [4.78, 5) is 13.9. The summed E-state index contributed by atoms with van der Waals surface area (Å²) in [7, 11) is -2.44. The van der Waals surface area contributed by atoms with Crippen molar-refractivity contribution >= 4 is 16.0 Å². The van der Waals surface area contributed by atoms with Crippen LogP contribution < -0.4 is 4.72 Å². The van der Waals surface area contributed by atoms with E-state index in [2.05, 4.69) is 14.4 Å². The van der Waals surface area contributed by atoms with Crippen LogP contribution in [0.5, 0.6) is 0 Å². The smallest absolute Gasteiger partial charge is 0.354 e. The topological polar surface area (TPSA) is 88.3 Å². The molecule has 2 aromatic rings. The van der Waals surface area contributed by atoms with E-state index in [1.165, 1.54) is 19.4 Å². The molecule has 22 heavy (non-hydrogen) atoms. The summed E-state index contributed by atoms with van der Waals surface area (Å²) in [5.41, 5.74) is 1.15. The Balaban J connectivity index is 2.05. The zero-order valence-electron chi connectivity index (χ0n) is 12.4. The quantitative estimate of drug-likeness (QED) is 0.795. The first-order valence-corrected chi connectivity index (χ1v) is 8.23. The number of ether oxygens (including phenoxy) is 1. The first kappa shape index (κ1) is 16.3. The van der Waals surface area contributed by atoms with Gasteiger partial charge in [-0.1, -0.05) is 37.3 Å². The van der Waals surface area contributed by atoms with E-state index in [1.54, 1.807) is 0 Å². The van der Waals surface area contributed by atoms with Crippen LogP contribution in [0.25, 0.3) is 0 Å². The van der Waals surface area contributed by atoms with Crippen molar-refractivity contribution in [3.05, 3.63) is 53.9 Å². The first-order valence-electron chi connectivity index (χ1n) is 6.75. The highest BCUT2D eigenvalue weighted by Gasteiger charge is 2.19. The predicted molar refractivity (Wildman–Crippen MR) is 82.2 cm³/mol. The van der Waals surface area contributed by atoms with E-state index < -0.39 is 16.0 Å². The van der Waals surface area contributed by atoms with Crippen LogP contribution in [0.1, 0.15) is 28.9 Å². The van der Waals surface area contributed by atoms with Gasteiger partial charge >= 0.3 is 5.97 Å². The normalized spacial score (nSPS) is 12.8. The van der Waals surface area contributed by atoms with Gasteiger partial charge in [0.05, 0.1) is 7.11 Å². The molecule has 0 saturated heterocycles. The summed E-state index contributed by atoms with van der Waals surface area (Å²) < 4.78 is 31.5. The van der Waals surface area contributed by atoms with Crippen molar-refractivity contribution in [2.75, 3.05) is 13.7 Å². The minimum atomic E-state index is -3.67. The number of carbonyl (C=O) groups is 1. The number of rotatable bonds is 6. The number of H-pyrrole nitrogens is 1. The van der Waals surface area contributed by atoms with Crippen LogP contribution in [0.15, 0.2) is 47.5 Å². The van der Waals surface area contributed by atoms with Crippen LogP contribution >= 0.6 is 0 Å². The van der Waals surface area contributed by atoms with Gasteiger partial charge in [-0.2, -0.15) is 0 Å². The molecule has 0 aliphatic rings. The maximum absolute atomic E-state index is 12.2. The van der Waals surface area contributed by atoms with Crippen LogP contribution in [0, 0.1) is 0 Å². The molecule has 0 fully saturated rings. The summed E-state index contributed by atoms with van der Waals surface area (Å²) in [5, 5.41) is 0. The molecule has 6 nitrogen and oxygen atoms in total. The Kier molecular flexibility index (Phi) is 4.99. The van der Waals surface area contributed by atoms with E-state index in [9.17, 15) is 13.2 Å². The second-order valence-electron chi connectivity index (χ2n) is 4.90. The molecule has 1 aromatic heterocycles. The van der Waals surface area contributed by atoms with Crippen LogP contribution in [-0.2, 0) is 14.8 Å². The molecule has 0 aliphatic carbocycles. The van der Waals surface area contributed by atoms with E-state index in [0.29, 0.717) is 0 Å². The van der Waals surface area contributed by atoms with Crippen molar-refractivity contribution in [1.82, 2.24) is 9.71 Å². The number of aromatic amines is 1. The Morgan fingerprint density at radius 1 is 1.32 bits per heavy atom. The lowest BCUT2D eigenvalue weighted by atomic mass is 10.0. The molecule has 0 radical (unpaired) electrons. The van der Waals surface area contributed by atoms with Crippen molar-refractivity contribution in [3.8, 4) is 0 Å².